The third-order valence-electron chi connectivity index (χ3n) is 1.20. The Labute approximate surface area is 74.2 Å². The summed E-state index contributed by atoms with van der Waals surface area (Å²) in [4.78, 5) is 3.85. The summed E-state index contributed by atoms with van der Waals surface area (Å²) in [5.74, 6) is 0. The average Bonchev–Trinajstić information content (AvgIpc) is 1.84. The molecule has 0 aliphatic carbocycles. The second-order valence-electron chi connectivity index (χ2n) is 3.47. The minimum atomic E-state index is -0.667. The molecule has 2 N–H and O–H groups in total. The Morgan fingerprint density at radius 1 is 1.58 bits per heavy atom. The van der Waals surface area contributed by atoms with Crippen molar-refractivity contribution in [2.45, 2.75) is 26.4 Å². The van der Waals surface area contributed by atoms with Gasteiger partial charge in [0.25, 0.3) is 0 Å². The fourth-order valence-electron chi connectivity index (χ4n) is 0.703. The van der Waals surface area contributed by atoms with Gasteiger partial charge in [0.05, 0.1) is 5.60 Å². The normalized spacial score (nSPS) is 13.9. The molecule has 0 saturated carbocycles. The first kappa shape index (κ1) is 11.2. The molecule has 0 aliphatic heterocycles. The summed E-state index contributed by atoms with van der Waals surface area (Å²) in [6.45, 7) is 6.01. The van der Waals surface area contributed by atoms with Crippen LogP contribution < -0.4 is 5.32 Å². The van der Waals surface area contributed by atoms with Gasteiger partial charge in [-0.1, -0.05) is 0 Å². The number of aliphatic hydroxyl groups is 1. The standard InChI is InChI=1S/C9H18N2O/c1-8(5-10-4)6-11-7-9(2,3)12/h5-6,11-12H,7H2,1-4H3/b8-6-,10-5-. The molecule has 0 heterocycles. The van der Waals surface area contributed by atoms with Gasteiger partial charge < -0.3 is 10.4 Å². The van der Waals surface area contributed by atoms with Crippen LogP contribution in [0.1, 0.15) is 20.8 Å². The van der Waals surface area contributed by atoms with Crippen LogP contribution >= 0.6 is 0 Å². The number of nitrogens with one attached hydrogen (secondary N) is 1. The quantitative estimate of drug-likeness (QED) is 0.617. The van der Waals surface area contributed by atoms with Gasteiger partial charge in [0.2, 0.25) is 0 Å². The molecule has 0 unspecified atom stereocenters. The maximum Gasteiger partial charge on any atom is 0.0763 e. The fraction of sp³-hybridized carbons (Fsp3) is 0.667. The molecule has 0 saturated heterocycles. The first-order valence-corrected chi connectivity index (χ1v) is 4.00. The van der Waals surface area contributed by atoms with Crippen LogP contribution in [0, 0.1) is 0 Å². The van der Waals surface area contributed by atoms with E-state index in [9.17, 15) is 5.11 Å². The molecule has 0 fully saturated rings. The number of allylic oxidation sites excluding steroid dienone is 1. The van der Waals surface area contributed by atoms with Crippen molar-refractivity contribution >= 4 is 6.21 Å². The van der Waals surface area contributed by atoms with Crippen molar-refractivity contribution in [3.8, 4) is 0 Å². The number of nitrogens with zero attached hydrogens (tertiary/aromatic N) is 1. The van der Waals surface area contributed by atoms with Crippen LogP contribution in [0.3, 0.4) is 0 Å². The van der Waals surface area contributed by atoms with Gasteiger partial charge in [-0.3, -0.25) is 4.99 Å². The summed E-state index contributed by atoms with van der Waals surface area (Å²) < 4.78 is 0. The Morgan fingerprint density at radius 3 is 2.58 bits per heavy atom. The highest BCUT2D eigenvalue weighted by molar-refractivity contribution is 5.77. The van der Waals surface area contributed by atoms with E-state index in [-0.39, 0.29) is 0 Å². The van der Waals surface area contributed by atoms with Gasteiger partial charge in [0, 0.05) is 26.0 Å². The second kappa shape index (κ2) is 4.93. The summed E-state index contributed by atoms with van der Waals surface area (Å²) in [7, 11) is 1.73. The minimum Gasteiger partial charge on any atom is -0.389 e. The Morgan fingerprint density at radius 2 is 2.17 bits per heavy atom. The van der Waals surface area contributed by atoms with E-state index in [4.69, 9.17) is 0 Å². The molecule has 0 rings (SSSR count). The highest BCUT2D eigenvalue weighted by Crippen LogP contribution is 1.97. The topological polar surface area (TPSA) is 44.6 Å². The van der Waals surface area contributed by atoms with Crippen molar-refractivity contribution in [2.75, 3.05) is 13.6 Å². The van der Waals surface area contributed by atoms with Crippen molar-refractivity contribution in [3.05, 3.63) is 11.8 Å². The van der Waals surface area contributed by atoms with Crippen LogP contribution in [0.4, 0.5) is 0 Å². The fourth-order valence-corrected chi connectivity index (χ4v) is 0.703. The summed E-state index contributed by atoms with van der Waals surface area (Å²) >= 11 is 0. The van der Waals surface area contributed by atoms with E-state index >= 15 is 0 Å². The lowest BCUT2D eigenvalue weighted by Gasteiger charge is -2.16. The van der Waals surface area contributed by atoms with E-state index < -0.39 is 5.60 Å². The summed E-state index contributed by atoms with van der Waals surface area (Å²) in [6, 6.07) is 0. The average molecular weight is 170 g/mol. The molecule has 12 heavy (non-hydrogen) atoms. The Hall–Kier alpha value is -0.830. The number of aliphatic imine (C=N–C) groups is 1. The molecule has 3 heteroatoms. The number of hydrogen-bond acceptors (Lipinski definition) is 3. The highest BCUT2D eigenvalue weighted by atomic mass is 16.3. The Balaban J connectivity index is 3.75. The van der Waals surface area contributed by atoms with Crippen molar-refractivity contribution < 1.29 is 5.11 Å². The van der Waals surface area contributed by atoms with Gasteiger partial charge in [-0.05, 0) is 26.3 Å². The van der Waals surface area contributed by atoms with Gasteiger partial charge in [-0.25, -0.2) is 0 Å². The van der Waals surface area contributed by atoms with E-state index in [1.54, 1.807) is 27.1 Å². The first-order valence-electron chi connectivity index (χ1n) is 4.00. The van der Waals surface area contributed by atoms with E-state index in [1.807, 2.05) is 13.1 Å². The summed E-state index contributed by atoms with van der Waals surface area (Å²) in [5, 5.41) is 12.3. The molecular weight excluding hydrogens is 152 g/mol. The van der Waals surface area contributed by atoms with Crippen LogP contribution in [0.2, 0.25) is 0 Å². The molecule has 0 spiro atoms. The van der Waals surface area contributed by atoms with Crippen molar-refractivity contribution in [3.63, 3.8) is 0 Å². The first-order chi connectivity index (χ1) is 5.45. The predicted molar refractivity (Wildman–Crippen MR) is 52.5 cm³/mol. The number of rotatable bonds is 4. The zero-order valence-electron chi connectivity index (χ0n) is 8.26. The largest absolute Gasteiger partial charge is 0.389 e. The zero-order chi connectivity index (χ0) is 9.61. The molecule has 0 radical (unpaired) electrons. The molecule has 0 aliphatic rings. The molecule has 0 atom stereocenters. The van der Waals surface area contributed by atoms with Crippen molar-refractivity contribution in [1.82, 2.24) is 5.32 Å². The molecule has 0 aromatic rings. The van der Waals surface area contributed by atoms with Crippen LogP contribution in [-0.2, 0) is 0 Å². The van der Waals surface area contributed by atoms with Crippen LogP contribution in [-0.4, -0.2) is 30.5 Å². The minimum absolute atomic E-state index is 0.544. The van der Waals surface area contributed by atoms with Gasteiger partial charge in [-0.2, -0.15) is 0 Å². The predicted octanol–water partition coefficient (Wildman–Crippen LogP) is 0.951. The molecule has 0 amide bonds. The molecule has 70 valence electrons. The van der Waals surface area contributed by atoms with Gasteiger partial charge >= 0.3 is 0 Å². The monoisotopic (exact) mass is 170 g/mol. The highest BCUT2D eigenvalue weighted by Gasteiger charge is 2.09. The van der Waals surface area contributed by atoms with Crippen LogP contribution in [0.25, 0.3) is 0 Å². The third kappa shape index (κ3) is 7.28. The second-order valence-corrected chi connectivity index (χ2v) is 3.47. The SMILES string of the molecule is C/N=C\C(C)=C/NCC(C)(C)O. The van der Waals surface area contributed by atoms with E-state index in [0.29, 0.717) is 6.54 Å². The van der Waals surface area contributed by atoms with Crippen molar-refractivity contribution in [1.29, 1.82) is 0 Å². The third-order valence-corrected chi connectivity index (χ3v) is 1.20. The van der Waals surface area contributed by atoms with E-state index in [2.05, 4.69) is 10.3 Å². The molecule has 0 aromatic carbocycles. The van der Waals surface area contributed by atoms with Crippen molar-refractivity contribution in [2.24, 2.45) is 4.99 Å². The Kier molecular flexibility index (Phi) is 4.59. The zero-order valence-corrected chi connectivity index (χ0v) is 8.26. The van der Waals surface area contributed by atoms with E-state index in [0.717, 1.165) is 5.57 Å². The van der Waals surface area contributed by atoms with Gasteiger partial charge in [-0.15, -0.1) is 0 Å². The van der Waals surface area contributed by atoms with E-state index in [1.165, 1.54) is 0 Å². The molecule has 3 nitrogen and oxygen atoms in total. The maximum atomic E-state index is 9.34. The summed E-state index contributed by atoms with van der Waals surface area (Å²) in [6.07, 6.45) is 3.60. The molecular formula is C9H18N2O. The van der Waals surface area contributed by atoms with Crippen LogP contribution in [0.5, 0.6) is 0 Å². The smallest absolute Gasteiger partial charge is 0.0763 e. The lowest BCUT2D eigenvalue weighted by atomic mass is 10.1. The molecule has 0 aromatic heterocycles. The lowest BCUT2D eigenvalue weighted by Crippen LogP contribution is -2.32. The van der Waals surface area contributed by atoms with Gasteiger partial charge in [0.15, 0.2) is 0 Å². The van der Waals surface area contributed by atoms with Gasteiger partial charge in [0.1, 0.15) is 0 Å². The number of hydrogen-bond donors (Lipinski definition) is 2. The maximum absolute atomic E-state index is 9.34. The lowest BCUT2D eigenvalue weighted by molar-refractivity contribution is 0.0835. The molecule has 0 bridgehead atoms. The van der Waals surface area contributed by atoms with Crippen LogP contribution in [0.15, 0.2) is 16.8 Å². The summed E-state index contributed by atoms with van der Waals surface area (Å²) in [5.41, 5.74) is 0.377. The Bertz CT molecular complexity index is 177.